The first-order chi connectivity index (χ1) is 11.2. The third-order valence-corrected chi connectivity index (χ3v) is 4.14. The second-order valence-electron chi connectivity index (χ2n) is 5.64. The Morgan fingerprint density at radius 1 is 1.25 bits per heavy atom. The van der Waals surface area contributed by atoms with E-state index in [0.717, 1.165) is 17.8 Å². The van der Waals surface area contributed by atoms with Gasteiger partial charge in [-0.05, 0) is 29.9 Å². The molecule has 3 rings (SSSR count). The number of nitrogens with zero attached hydrogens (tertiary/aromatic N) is 1. The zero-order valence-corrected chi connectivity index (χ0v) is 13.2. The summed E-state index contributed by atoms with van der Waals surface area (Å²) in [6, 6.07) is 2.95. The molecule has 0 atom stereocenters. The zero-order chi connectivity index (χ0) is 17.5. The van der Waals surface area contributed by atoms with Crippen LogP contribution in [0.1, 0.15) is 22.4 Å². The Balaban J connectivity index is 1.83. The number of aromatic nitrogens is 2. The molecular formula is C15H13F4N3OS. The zero-order valence-electron chi connectivity index (χ0n) is 12.3. The van der Waals surface area contributed by atoms with E-state index in [0.29, 0.717) is 24.1 Å². The van der Waals surface area contributed by atoms with Crippen molar-refractivity contribution in [3.63, 3.8) is 0 Å². The van der Waals surface area contributed by atoms with Crippen LogP contribution < -0.4 is 5.56 Å². The number of alkyl halides is 3. The van der Waals surface area contributed by atoms with Gasteiger partial charge in [0.2, 0.25) is 0 Å². The number of nitrogens with one attached hydrogen (secondary N) is 2. The monoisotopic (exact) mass is 359 g/mol. The molecule has 2 heterocycles. The number of H-pyrrole nitrogens is 2. The summed E-state index contributed by atoms with van der Waals surface area (Å²) in [5.41, 5.74) is 0.0310. The van der Waals surface area contributed by atoms with E-state index in [2.05, 4.69) is 9.97 Å². The van der Waals surface area contributed by atoms with Gasteiger partial charge >= 0.3 is 6.18 Å². The smallest absolute Gasteiger partial charge is 0.335 e. The Labute approximate surface area is 139 Å². The molecule has 2 N–H and O–H groups in total. The number of rotatable bonds is 2. The molecule has 1 aliphatic heterocycles. The summed E-state index contributed by atoms with van der Waals surface area (Å²) >= 11 is 4.91. The largest absolute Gasteiger partial charge is 0.419 e. The summed E-state index contributed by atoms with van der Waals surface area (Å²) in [5, 5.41) is 0. The average Bonchev–Trinajstić information content (AvgIpc) is 2.48. The number of halogens is 4. The molecule has 2 aromatic rings. The van der Waals surface area contributed by atoms with E-state index in [-0.39, 0.29) is 23.4 Å². The van der Waals surface area contributed by atoms with Crippen molar-refractivity contribution in [2.75, 3.05) is 6.54 Å². The maximum absolute atomic E-state index is 13.3. The third kappa shape index (κ3) is 3.41. The van der Waals surface area contributed by atoms with Gasteiger partial charge in [-0.15, -0.1) is 0 Å². The highest BCUT2D eigenvalue weighted by atomic mass is 32.1. The quantitative estimate of drug-likeness (QED) is 0.640. The maximum Gasteiger partial charge on any atom is 0.419 e. The molecule has 0 amide bonds. The molecule has 9 heteroatoms. The van der Waals surface area contributed by atoms with Crippen LogP contribution in [0.2, 0.25) is 0 Å². The fourth-order valence-corrected chi connectivity index (χ4v) is 3.01. The van der Waals surface area contributed by atoms with Gasteiger partial charge in [-0.2, -0.15) is 13.2 Å². The molecule has 0 aliphatic carbocycles. The van der Waals surface area contributed by atoms with Crippen molar-refractivity contribution in [1.82, 2.24) is 14.9 Å². The summed E-state index contributed by atoms with van der Waals surface area (Å²) in [7, 11) is 0. The van der Waals surface area contributed by atoms with E-state index < -0.39 is 17.6 Å². The molecule has 1 aliphatic rings. The standard InChI is InChI=1S/C15H13F4N3OS/c16-11-2-1-8(5-10(11)15(17,18)19)6-22-4-3-12-9(7-22)13(23)21-14(24)20-12/h1-2,5H,3-4,6-7H2,(H2,20,21,23,24). The maximum atomic E-state index is 13.3. The van der Waals surface area contributed by atoms with Crippen LogP contribution >= 0.6 is 12.2 Å². The van der Waals surface area contributed by atoms with Gasteiger partial charge in [-0.3, -0.25) is 14.7 Å². The van der Waals surface area contributed by atoms with Gasteiger partial charge in [0.15, 0.2) is 4.77 Å². The molecule has 0 radical (unpaired) electrons. The number of hydrogen-bond acceptors (Lipinski definition) is 3. The Morgan fingerprint density at radius 2 is 2.00 bits per heavy atom. The van der Waals surface area contributed by atoms with Crippen LogP contribution in [0.4, 0.5) is 17.6 Å². The molecule has 0 saturated heterocycles. The van der Waals surface area contributed by atoms with E-state index in [4.69, 9.17) is 12.2 Å². The Bertz CT molecular complexity index is 888. The van der Waals surface area contributed by atoms with Gasteiger partial charge in [-0.1, -0.05) is 6.07 Å². The van der Waals surface area contributed by atoms with Crippen LogP contribution in [0.15, 0.2) is 23.0 Å². The molecule has 1 aromatic heterocycles. The Hall–Kier alpha value is -2.00. The van der Waals surface area contributed by atoms with Crippen molar-refractivity contribution in [3.05, 3.63) is 61.5 Å². The predicted molar refractivity (Wildman–Crippen MR) is 81.5 cm³/mol. The molecule has 128 valence electrons. The lowest BCUT2D eigenvalue weighted by molar-refractivity contribution is -0.140. The second-order valence-corrected chi connectivity index (χ2v) is 6.05. The highest BCUT2D eigenvalue weighted by Gasteiger charge is 2.34. The van der Waals surface area contributed by atoms with Crippen molar-refractivity contribution in [3.8, 4) is 0 Å². The molecule has 0 unspecified atom stereocenters. The van der Waals surface area contributed by atoms with Gasteiger partial charge in [0.25, 0.3) is 5.56 Å². The molecule has 0 fully saturated rings. The summed E-state index contributed by atoms with van der Waals surface area (Å²) in [6.45, 7) is 1.04. The fourth-order valence-electron chi connectivity index (χ4n) is 2.79. The number of aromatic amines is 2. The van der Waals surface area contributed by atoms with Gasteiger partial charge in [-0.25, -0.2) is 4.39 Å². The lowest BCUT2D eigenvalue weighted by atomic mass is 10.0. The summed E-state index contributed by atoms with van der Waals surface area (Å²) in [5.74, 6) is -1.29. The molecule has 24 heavy (non-hydrogen) atoms. The van der Waals surface area contributed by atoms with Crippen molar-refractivity contribution in [1.29, 1.82) is 0 Å². The van der Waals surface area contributed by atoms with Crippen LogP contribution in [0.5, 0.6) is 0 Å². The first kappa shape index (κ1) is 16.8. The van der Waals surface area contributed by atoms with Crippen molar-refractivity contribution in [2.45, 2.75) is 25.7 Å². The van der Waals surface area contributed by atoms with Crippen molar-refractivity contribution < 1.29 is 17.6 Å². The highest BCUT2D eigenvalue weighted by Crippen LogP contribution is 2.32. The van der Waals surface area contributed by atoms with Crippen LogP contribution in [-0.2, 0) is 25.7 Å². The lowest BCUT2D eigenvalue weighted by Gasteiger charge is -2.28. The first-order valence-electron chi connectivity index (χ1n) is 7.16. The fraction of sp³-hybridized carbons (Fsp3) is 0.333. The van der Waals surface area contributed by atoms with Crippen LogP contribution in [0, 0.1) is 10.6 Å². The van der Waals surface area contributed by atoms with Crippen LogP contribution in [0.25, 0.3) is 0 Å². The minimum atomic E-state index is -4.74. The normalized spacial score (nSPS) is 15.3. The molecular weight excluding hydrogens is 346 g/mol. The predicted octanol–water partition coefficient (Wildman–Crippen LogP) is 3.15. The van der Waals surface area contributed by atoms with E-state index in [1.807, 2.05) is 4.90 Å². The van der Waals surface area contributed by atoms with E-state index in [9.17, 15) is 22.4 Å². The van der Waals surface area contributed by atoms with E-state index in [1.54, 1.807) is 0 Å². The minimum absolute atomic E-state index is 0.192. The van der Waals surface area contributed by atoms with Gasteiger partial charge in [0.05, 0.1) is 11.1 Å². The highest BCUT2D eigenvalue weighted by molar-refractivity contribution is 7.71. The molecule has 1 aromatic carbocycles. The Morgan fingerprint density at radius 3 is 2.71 bits per heavy atom. The second kappa shape index (κ2) is 6.14. The van der Waals surface area contributed by atoms with Crippen molar-refractivity contribution >= 4 is 12.2 Å². The summed E-state index contributed by atoms with van der Waals surface area (Å²) in [4.78, 5) is 19.2. The number of benzene rings is 1. The Kier molecular flexibility index (Phi) is 4.31. The summed E-state index contributed by atoms with van der Waals surface area (Å²) < 4.78 is 51.9. The van der Waals surface area contributed by atoms with E-state index in [1.165, 1.54) is 6.07 Å². The summed E-state index contributed by atoms with van der Waals surface area (Å²) in [6.07, 6.45) is -4.20. The van der Waals surface area contributed by atoms with Crippen molar-refractivity contribution in [2.24, 2.45) is 0 Å². The SMILES string of the molecule is O=c1[nH]c(=S)[nH]c2c1CN(Cc1ccc(F)c(C(F)(F)F)c1)CC2. The van der Waals surface area contributed by atoms with Gasteiger partial charge in [0, 0.05) is 31.7 Å². The lowest BCUT2D eigenvalue weighted by Crippen LogP contribution is -2.35. The molecule has 4 nitrogen and oxygen atoms in total. The van der Waals surface area contributed by atoms with Crippen LogP contribution in [-0.4, -0.2) is 21.4 Å². The minimum Gasteiger partial charge on any atom is -0.335 e. The van der Waals surface area contributed by atoms with E-state index >= 15 is 0 Å². The number of fused-ring (bicyclic) bond motifs is 1. The molecule has 0 bridgehead atoms. The van der Waals surface area contributed by atoms with Crippen LogP contribution in [0.3, 0.4) is 0 Å². The number of hydrogen-bond donors (Lipinski definition) is 2. The molecule has 0 saturated carbocycles. The third-order valence-electron chi connectivity index (χ3n) is 3.93. The molecule has 0 spiro atoms. The average molecular weight is 359 g/mol. The van der Waals surface area contributed by atoms with Gasteiger partial charge < -0.3 is 4.98 Å². The van der Waals surface area contributed by atoms with Gasteiger partial charge in [0.1, 0.15) is 5.82 Å². The topological polar surface area (TPSA) is 51.9 Å². The first-order valence-corrected chi connectivity index (χ1v) is 7.57.